The van der Waals surface area contributed by atoms with Crippen LogP contribution in [0.3, 0.4) is 0 Å². The standard InChI is InChI=1S/C20H16BrNO/c1-15(23)20(16-6-3-2-4-7-16,17-10-12-22-13-11-17)18-8-5-9-19(21)14-18/h2-14H,1H3. The molecule has 0 aliphatic carbocycles. The minimum Gasteiger partial charge on any atom is -0.298 e. The van der Waals surface area contributed by atoms with Crippen LogP contribution in [0.1, 0.15) is 23.6 Å². The van der Waals surface area contributed by atoms with Gasteiger partial charge < -0.3 is 0 Å². The predicted octanol–water partition coefficient (Wildman–Crippen LogP) is 4.77. The molecule has 3 rings (SSSR count). The number of hydrogen-bond acceptors (Lipinski definition) is 2. The summed E-state index contributed by atoms with van der Waals surface area (Å²) < 4.78 is 0.950. The van der Waals surface area contributed by atoms with Crippen LogP contribution in [0.4, 0.5) is 0 Å². The van der Waals surface area contributed by atoms with Gasteiger partial charge in [0, 0.05) is 16.9 Å². The third kappa shape index (κ3) is 2.73. The second-order valence-electron chi connectivity index (χ2n) is 5.42. The quantitative estimate of drug-likeness (QED) is 0.666. The molecule has 3 aromatic rings. The summed E-state index contributed by atoms with van der Waals surface area (Å²) in [6.07, 6.45) is 3.46. The number of aromatic nitrogens is 1. The van der Waals surface area contributed by atoms with Gasteiger partial charge in [-0.25, -0.2) is 0 Å². The van der Waals surface area contributed by atoms with E-state index in [1.807, 2.05) is 66.7 Å². The number of rotatable bonds is 4. The molecule has 0 fully saturated rings. The maximum atomic E-state index is 12.9. The molecule has 0 amide bonds. The number of benzene rings is 2. The summed E-state index contributed by atoms with van der Waals surface area (Å²) in [4.78, 5) is 17.0. The lowest BCUT2D eigenvalue weighted by molar-refractivity contribution is -0.119. The predicted molar refractivity (Wildman–Crippen MR) is 95.4 cm³/mol. The first-order chi connectivity index (χ1) is 11.2. The second kappa shape index (κ2) is 6.47. The first kappa shape index (κ1) is 15.6. The van der Waals surface area contributed by atoms with Crippen LogP contribution in [0, 0.1) is 0 Å². The molecule has 0 saturated carbocycles. The largest absolute Gasteiger partial charge is 0.298 e. The molecule has 2 aromatic carbocycles. The summed E-state index contributed by atoms with van der Waals surface area (Å²) in [5.74, 6) is 0.0769. The molecule has 1 atom stereocenters. The van der Waals surface area contributed by atoms with Crippen molar-refractivity contribution < 1.29 is 4.79 Å². The van der Waals surface area contributed by atoms with Crippen molar-refractivity contribution in [2.75, 3.05) is 0 Å². The van der Waals surface area contributed by atoms with Gasteiger partial charge >= 0.3 is 0 Å². The highest BCUT2D eigenvalue weighted by Gasteiger charge is 2.41. The van der Waals surface area contributed by atoms with E-state index in [9.17, 15) is 4.79 Å². The van der Waals surface area contributed by atoms with Crippen molar-refractivity contribution in [3.05, 3.63) is 100 Å². The van der Waals surface area contributed by atoms with Crippen molar-refractivity contribution in [2.45, 2.75) is 12.3 Å². The van der Waals surface area contributed by atoms with Crippen LogP contribution < -0.4 is 0 Å². The topological polar surface area (TPSA) is 30.0 Å². The average molecular weight is 366 g/mol. The van der Waals surface area contributed by atoms with E-state index in [1.54, 1.807) is 19.3 Å². The minimum atomic E-state index is -0.839. The molecule has 0 radical (unpaired) electrons. The van der Waals surface area contributed by atoms with Gasteiger partial charge in [0.15, 0.2) is 0 Å². The van der Waals surface area contributed by atoms with E-state index in [-0.39, 0.29) is 5.78 Å². The number of nitrogens with zero attached hydrogens (tertiary/aromatic N) is 1. The molecule has 114 valence electrons. The van der Waals surface area contributed by atoms with Gasteiger partial charge in [-0.15, -0.1) is 0 Å². The Morgan fingerprint density at radius 3 is 2.09 bits per heavy atom. The van der Waals surface area contributed by atoms with Crippen LogP contribution in [0.15, 0.2) is 83.6 Å². The zero-order chi connectivity index (χ0) is 16.3. The number of Topliss-reactive ketones (excluding diaryl/α,β-unsaturated/α-hetero) is 1. The minimum absolute atomic E-state index is 0.0769. The lowest BCUT2D eigenvalue weighted by Gasteiger charge is -2.33. The van der Waals surface area contributed by atoms with Crippen molar-refractivity contribution in [2.24, 2.45) is 0 Å². The van der Waals surface area contributed by atoms with E-state index < -0.39 is 5.41 Å². The zero-order valence-electron chi connectivity index (χ0n) is 12.7. The summed E-state index contributed by atoms with van der Waals surface area (Å²) in [5.41, 5.74) is 1.98. The summed E-state index contributed by atoms with van der Waals surface area (Å²) in [7, 11) is 0. The third-order valence-electron chi connectivity index (χ3n) is 4.11. The number of pyridine rings is 1. The van der Waals surface area contributed by atoms with Crippen molar-refractivity contribution in [1.82, 2.24) is 4.98 Å². The molecule has 1 aromatic heterocycles. The molecule has 0 aliphatic rings. The van der Waals surface area contributed by atoms with Crippen molar-refractivity contribution in [3.63, 3.8) is 0 Å². The fraction of sp³-hybridized carbons (Fsp3) is 0.100. The molecule has 0 aliphatic heterocycles. The number of carbonyl (C=O) groups is 1. The first-order valence-electron chi connectivity index (χ1n) is 7.39. The Morgan fingerprint density at radius 1 is 0.870 bits per heavy atom. The van der Waals surface area contributed by atoms with Crippen molar-refractivity contribution >= 4 is 21.7 Å². The Labute approximate surface area is 144 Å². The molecule has 3 heteroatoms. The number of halogens is 1. The van der Waals surface area contributed by atoms with Crippen LogP contribution in [-0.2, 0) is 10.2 Å². The number of carbonyl (C=O) groups excluding carboxylic acids is 1. The Balaban J connectivity index is 2.39. The average Bonchev–Trinajstić information content (AvgIpc) is 2.57. The maximum Gasteiger partial charge on any atom is 0.149 e. The van der Waals surface area contributed by atoms with Crippen LogP contribution in [-0.4, -0.2) is 10.8 Å². The van der Waals surface area contributed by atoms with Crippen LogP contribution in [0.25, 0.3) is 0 Å². The van der Waals surface area contributed by atoms with Gasteiger partial charge in [0.1, 0.15) is 11.2 Å². The Bertz CT molecular complexity index is 776. The van der Waals surface area contributed by atoms with E-state index in [2.05, 4.69) is 20.9 Å². The monoisotopic (exact) mass is 365 g/mol. The van der Waals surface area contributed by atoms with Gasteiger partial charge in [-0.2, -0.15) is 0 Å². The Hall–Kier alpha value is -2.26. The highest BCUT2D eigenvalue weighted by molar-refractivity contribution is 9.10. The van der Waals surface area contributed by atoms with Crippen molar-refractivity contribution in [3.8, 4) is 0 Å². The molecule has 0 saturated heterocycles. The van der Waals surface area contributed by atoms with Gasteiger partial charge in [0.05, 0.1) is 0 Å². The van der Waals surface area contributed by atoms with Crippen LogP contribution in [0.2, 0.25) is 0 Å². The molecule has 1 unspecified atom stereocenters. The summed E-state index contributed by atoms with van der Waals surface area (Å²) >= 11 is 3.53. The van der Waals surface area contributed by atoms with Crippen LogP contribution >= 0.6 is 15.9 Å². The second-order valence-corrected chi connectivity index (χ2v) is 6.33. The molecular formula is C20H16BrNO. The highest BCUT2D eigenvalue weighted by atomic mass is 79.9. The number of ketones is 1. The van der Waals surface area contributed by atoms with E-state index in [0.29, 0.717) is 0 Å². The summed E-state index contributed by atoms with van der Waals surface area (Å²) in [6, 6.07) is 21.7. The fourth-order valence-electron chi connectivity index (χ4n) is 3.12. The zero-order valence-corrected chi connectivity index (χ0v) is 14.3. The molecular weight excluding hydrogens is 350 g/mol. The lowest BCUT2D eigenvalue weighted by atomic mass is 9.67. The molecule has 23 heavy (non-hydrogen) atoms. The molecule has 2 nitrogen and oxygen atoms in total. The summed E-state index contributed by atoms with van der Waals surface area (Å²) in [6.45, 7) is 1.65. The first-order valence-corrected chi connectivity index (χ1v) is 8.18. The lowest BCUT2D eigenvalue weighted by Crippen LogP contribution is -2.37. The molecule has 1 heterocycles. The van der Waals surface area contributed by atoms with Gasteiger partial charge in [-0.3, -0.25) is 9.78 Å². The maximum absolute atomic E-state index is 12.9. The highest BCUT2D eigenvalue weighted by Crippen LogP contribution is 2.40. The van der Waals surface area contributed by atoms with Gasteiger partial charge in [-0.05, 0) is 47.9 Å². The van der Waals surface area contributed by atoms with E-state index in [1.165, 1.54) is 0 Å². The Kier molecular flexibility index (Phi) is 4.39. The van der Waals surface area contributed by atoms with Gasteiger partial charge in [0.2, 0.25) is 0 Å². The van der Waals surface area contributed by atoms with Gasteiger partial charge in [-0.1, -0.05) is 58.4 Å². The molecule has 0 N–H and O–H groups in total. The normalized spacial score (nSPS) is 13.3. The Morgan fingerprint density at radius 2 is 1.48 bits per heavy atom. The van der Waals surface area contributed by atoms with E-state index in [4.69, 9.17) is 0 Å². The number of hydrogen-bond donors (Lipinski definition) is 0. The van der Waals surface area contributed by atoms with Crippen LogP contribution in [0.5, 0.6) is 0 Å². The fourth-order valence-corrected chi connectivity index (χ4v) is 3.52. The third-order valence-corrected chi connectivity index (χ3v) is 4.60. The van der Waals surface area contributed by atoms with Gasteiger partial charge in [0.25, 0.3) is 0 Å². The van der Waals surface area contributed by atoms with E-state index >= 15 is 0 Å². The SMILES string of the molecule is CC(=O)C(c1ccccc1)(c1ccncc1)c1cccc(Br)c1. The van der Waals surface area contributed by atoms with E-state index in [0.717, 1.165) is 21.2 Å². The van der Waals surface area contributed by atoms with Crippen molar-refractivity contribution in [1.29, 1.82) is 0 Å². The molecule has 0 spiro atoms. The smallest absolute Gasteiger partial charge is 0.149 e. The molecule has 0 bridgehead atoms. The summed E-state index contributed by atoms with van der Waals surface area (Å²) in [5, 5.41) is 0.